The second kappa shape index (κ2) is 9.28. The highest BCUT2D eigenvalue weighted by molar-refractivity contribution is 5.93. The van der Waals surface area contributed by atoms with Gasteiger partial charge < -0.3 is 24.8 Å². The lowest BCUT2D eigenvalue weighted by molar-refractivity contribution is -0.149. The Morgan fingerprint density at radius 1 is 1.11 bits per heavy atom. The van der Waals surface area contributed by atoms with Crippen molar-refractivity contribution < 1.29 is 24.2 Å². The number of hydrogen-bond donors (Lipinski definition) is 2. The Balaban J connectivity index is 1.15. The van der Waals surface area contributed by atoms with Gasteiger partial charge in [0.15, 0.2) is 0 Å². The zero-order valence-corrected chi connectivity index (χ0v) is 19.8. The predicted molar refractivity (Wildman–Crippen MR) is 130 cm³/mol. The summed E-state index contributed by atoms with van der Waals surface area (Å²) in [6.07, 6.45) is 3.76. The molecule has 1 saturated heterocycles. The van der Waals surface area contributed by atoms with Crippen LogP contribution in [0.2, 0.25) is 0 Å². The second-order valence-electron chi connectivity index (χ2n) is 10.3. The van der Waals surface area contributed by atoms with Crippen molar-refractivity contribution in [3.05, 3.63) is 59.2 Å². The van der Waals surface area contributed by atoms with E-state index in [0.717, 1.165) is 42.7 Å². The molecule has 2 aromatic carbocycles. The van der Waals surface area contributed by atoms with Crippen LogP contribution in [0.15, 0.2) is 42.5 Å². The van der Waals surface area contributed by atoms with E-state index in [1.165, 1.54) is 11.1 Å². The number of aliphatic hydroxyl groups is 1. The summed E-state index contributed by atoms with van der Waals surface area (Å²) in [5, 5.41) is 13.1. The Bertz CT molecular complexity index is 1130. The van der Waals surface area contributed by atoms with Gasteiger partial charge in [-0.15, -0.1) is 0 Å². The van der Waals surface area contributed by atoms with Crippen molar-refractivity contribution in [2.24, 2.45) is 5.92 Å². The number of carbonyl (C=O) groups excluding carboxylic acids is 2. The maximum atomic E-state index is 13.2. The molecule has 0 spiro atoms. The fourth-order valence-corrected chi connectivity index (χ4v) is 5.91. The van der Waals surface area contributed by atoms with E-state index in [-0.39, 0.29) is 48.9 Å². The SMILES string of the molecule is O=C(Nc1ccc2c(c1)[C@@H]1C[C@H](CC(=O)N3CCc4ccccc4C3)O[C@@H](CO)[C@@H]1O2)C1CCC1. The Labute approximate surface area is 205 Å². The number of aliphatic hydroxyl groups excluding tert-OH is 1. The Hall–Kier alpha value is -2.90. The summed E-state index contributed by atoms with van der Waals surface area (Å²) in [5.41, 5.74) is 4.32. The fraction of sp³-hybridized carbons (Fsp3) is 0.500. The topological polar surface area (TPSA) is 88.1 Å². The molecule has 4 atom stereocenters. The molecule has 184 valence electrons. The van der Waals surface area contributed by atoms with Crippen LogP contribution in [0.5, 0.6) is 5.75 Å². The quantitative estimate of drug-likeness (QED) is 0.691. The van der Waals surface area contributed by atoms with Crippen molar-refractivity contribution in [2.45, 2.75) is 69.3 Å². The smallest absolute Gasteiger partial charge is 0.227 e. The van der Waals surface area contributed by atoms with E-state index in [9.17, 15) is 14.7 Å². The summed E-state index contributed by atoms with van der Waals surface area (Å²) >= 11 is 0. The van der Waals surface area contributed by atoms with E-state index in [4.69, 9.17) is 9.47 Å². The summed E-state index contributed by atoms with van der Waals surface area (Å²) in [4.78, 5) is 27.5. The first-order valence-corrected chi connectivity index (χ1v) is 12.8. The summed E-state index contributed by atoms with van der Waals surface area (Å²) in [7, 11) is 0. The predicted octanol–water partition coefficient (Wildman–Crippen LogP) is 3.39. The van der Waals surface area contributed by atoms with Gasteiger partial charge >= 0.3 is 0 Å². The molecule has 1 aliphatic carbocycles. The van der Waals surface area contributed by atoms with Gasteiger partial charge in [0.05, 0.1) is 19.1 Å². The Kier molecular flexibility index (Phi) is 5.98. The van der Waals surface area contributed by atoms with Crippen LogP contribution in [0.1, 0.15) is 54.7 Å². The number of amides is 2. The lowest BCUT2D eigenvalue weighted by atomic mass is 9.83. The number of benzene rings is 2. The molecular formula is C28H32N2O5. The van der Waals surface area contributed by atoms with Crippen LogP contribution >= 0.6 is 0 Å². The highest BCUT2D eigenvalue weighted by Crippen LogP contribution is 2.47. The number of carbonyl (C=O) groups is 2. The molecule has 35 heavy (non-hydrogen) atoms. The van der Waals surface area contributed by atoms with Gasteiger partial charge in [-0.1, -0.05) is 30.7 Å². The molecular weight excluding hydrogens is 444 g/mol. The van der Waals surface area contributed by atoms with Gasteiger partial charge in [-0.25, -0.2) is 0 Å². The van der Waals surface area contributed by atoms with Crippen molar-refractivity contribution >= 4 is 17.5 Å². The number of nitrogens with one attached hydrogen (secondary N) is 1. The van der Waals surface area contributed by atoms with Gasteiger partial charge in [0.2, 0.25) is 11.8 Å². The Morgan fingerprint density at radius 3 is 2.71 bits per heavy atom. The molecule has 4 aliphatic rings. The number of anilines is 1. The average molecular weight is 477 g/mol. The summed E-state index contributed by atoms with van der Waals surface area (Å²) in [6.45, 7) is 1.18. The van der Waals surface area contributed by atoms with Crippen LogP contribution in [-0.2, 0) is 27.3 Å². The van der Waals surface area contributed by atoms with Gasteiger partial charge in [0.25, 0.3) is 0 Å². The van der Waals surface area contributed by atoms with Crippen molar-refractivity contribution in [3.8, 4) is 5.75 Å². The van der Waals surface area contributed by atoms with Crippen molar-refractivity contribution in [2.75, 3.05) is 18.5 Å². The zero-order valence-electron chi connectivity index (χ0n) is 19.8. The third-order valence-corrected chi connectivity index (χ3v) is 8.13. The van der Waals surface area contributed by atoms with E-state index >= 15 is 0 Å². The van der Waals surface area contributed by atoms with E-state index < -0.39 is 6.10 Å². The van der Waals surface area contributed by atoms with Crippen molar-refractivity contribution in [1.29, 1.82) is 0 Å². The molecule has 2 amide bonds. The largest absolute Gasteiger partial charge is 0.487 e. The van der Waals surface area contributed by atoms with Crippen LogP contribution in [0, 0.1) is 5.92 Å². The van der Waals surface area contributed by atoms with Crippen molar-refractivity contribution in [3.63, 3.8) is 0 Å². The first-order chi connectivity index (χ1) is 17.1. The number of fused-ring (bicyclic) bond motifs is 4. The minimum absolute atomic E-state index is 0.0105. The molecule has 7 nitrogen and oxygen atoms in total. The average Bonchev–Trinajstić information content (AvgIpc) is 3.20. The maximum Gasteiger partial charge on any atom is 0.227 e. The van der Waals surface area contributed by atoms with Crippen LogP contribution in [0.25, 0.3) is 0 Å². The molecule has 2 N–H and O–H groups in total. The number of nitrogens with zero attached hydrogens (tertiary/aromatic N) is 1. The monoisotopic (exact) mass is 476 g/mol. The van der Waals surface area contributed by atoms with E-state index in [0.29, 0.717) is 19.5 Å². The molecule has 2 fully saturated rings. The Morgan fingerprint density at radius 2 is 1.94 bits per heavy atom. The number of rotatable bonds is 5. The second-order valence-corrected chi connectivity index (χ2v) is 10.3. The van der Waals surface area contributed by atoms with E-state index in [2.05, 4.69) is 17.4 Å². The minimum Gasteiger partial charge on any atom is -0.487 e. The van der Waals surface area contributed by atoms with Crippen LogP contribution in [-0.4, -0.2) is 53.3 Å². The molecule has 3 aliphatic heterocycles. The first-order valence-electron chi connectivity index (χ1n) is 12.8. The molecule has 0 radical (unpaired) electrons. The van der Waals surface area contributed by atoms with Gasteiger partial charge in [0, 0.05) is 36.2 Å². The third-order valence-electron chi connectivity index (χ3n) is 8.13. The van der Waals surface area contributed by atoms with Crippen LogP contribution < -0.4 is 10.1 Å². The molecule has 0 bridgehead atoms. The minimum atomic E-state index is -0.492. The van der Waals surface area contributed by atoms with E-state index in [1.54, 1.807) is 0 Å². The number of ether oxygens (including phenoxy) is 2. The highest BCUT2D eigenvalue weighted by atomic mass is 16.6. The van der Waals surface area contributed by atoms with Gasteiger partial charge in [-0.3, -0.25) is 9.59 Å². The normalized spacial score (nSPS) is 27.2. The molecule has 2 aromatic rings. The standard InChI is InChI=1S/C28H32N2O5/c31-16-25-27-23(22-12-20(8-9-24(22)35-27)29-28(33)18-6-3-7-18)13-21(34-25)14-26(32)30-11-10-17-4-1-2-5-19(17)15-30/h1-2,4-5,8-9,12,18,21,23,25,27,31H,3,6-7,10-11,13-16H2,(H,29,33)/t21-,23+,25+,27-/m1/s1. The summed E-state index contributed by atoms with van der Waals surface area (Å²) in [5.74, 6) is 1.06. The molecule has 0 aromatic heterocycles. The van der Waals surface area contributed by atoms with Gasteiger partial charge in [-0.05, 0) is 55.0 Å². The lowest BCUT2D eigenvalue weighted by Gasteiger charge is -2.38. The third kappa shape index (κ3) is 4.32. The fourth-order valence-electron chi connectivity index (χ4n) is 5.91. The lowest BCUT2D eigenvalue weighted by Crippen LogP contribution is -2.48. The zero-order chi connectivity index (χ0) is 23.9. The van der Waals surface area contributed by atoms with Gasteiger partial charge in [0.1, 0.15) is 18.0 Å². The molecule has 6 rings (SSSR count). The molecule has 3 heterocycles. The molecule has 0 unspecified atom stereocenters. The molecule has 7 heteroatoms. The van der Waals surface area contributed by atoms with Crippen molar-refractivity contribution in [1.82, 2.24) is 4.90 Å². The van der Waals surface area contributed by atoms with Crippen LogP contribution in [0.3, 0.4) is 0 Å². The summed E-state index contributed by atoms with van der Waals surface area (Å²) < 4.78 is 12.3. The van der Waals surface area contributed by atoms with Gasteiger partial charge in [-0.2, -0.15) is 0 Å². The highest BCUT2D eigenvalue weighted by Gasteiger charge is 2.46. The van der Waals surface area contributed by atoms with Crippen LogP contribution in [0.4, 0.5) is 5.69 Å². The molecule has 1 saturated carbocycles. The maximum absolute atomic E-state index is 13.2. The van der Waals surface area contributed by atoms with E-state index in [1.807, 2.05) is 35.2 Å². The number of hydrogen-bond acceptors (Lipinski definition) is 5. The first kappa shape index (κ1) is 22.6. The summed E-state index contributed by atoms with van der Waals surface area (Å²) in [6, 6.07) is 14.0.